The maximum atomic E-state index is 12.9. The third-order valence-corrected chi connectivity index (χ3v) is 5.86. The molecule has 3 heterocycles. The molecule has 3 aromatic rings. The minimum absolute atomic E-state index is 0.0379. The fraction of sp³-hybridized carbons (Fsp3) is 0.304. The van der Waals surface area contributed by atoms with Crippen LogP contribution in [0, 0.1) is 0 Å². The first-order valence-corrected chi connectivity index (χ1v) is 9.82. The number of piperidine rings is 1. The average molecular weight is 374 g/mol. The lowest BCUT2D eigenvalue weighted by molar-refractivity contribution is -0.121. The average Bonchev–Trinajstić information content (AvgIpc) is 3.17. The summed E-state index contributed by atoms with van der Waals surface area (Å²) < 4.78 is 5.43. The van der Waals surface area contributed by atoms with Gasteiger partial charge in [-0.05, 0) is 48.6 Å². The minimum atomic E-state index is 0.0379. The van der Waals surface area contributed by atoms with Crippen molar-refractivity contribution >= 4 is 22.6 Å². The molecule has 0 radical (unpaired) electrons. The van der Waals surface area contributed by atoms with E-state index in [9.17, 15) is 9.59 Å². The van der Waals surface area contributed by atoms with E-state index in [0.717, 1.165) is 31.5 Å². The van der Waals surface area contributed by atoms with Crippen LogP contribution in [0.3, 0.4) is 0 Å². The van der Waals surface area contributed by atoms with Crippen LogP contribution in [0.5, 0.6) is 5.75 Å². The Bertz CT molecular complexity index is 1030. The highest BCUT2D eigenvalue weighted by Crippen LogP contribution is 2.31. The van der Waals surface area contributed by atoms with E-state index < -0.39 is 0 Å². The zero-order valence-electron chi connectivity index (χ0n) is 15.6. The van der Waals surface area contributed by atoms with Gasteiger partial charge in [-0.1, -0.05) is 18.2 Å². The molecular weight excluding hydrogens is 352 g/mol. The number of nitrogens with zero attached hydrogens (tertiary/aromatic N) is 1. The number of ether oxygens (including phenoxy) is 1. The van der Waals surface area contributed by atoms with Crippen LogP contribution in [0.1, 0.15) is 40.4 Å². The number of H-pyrrole nitrogens is 1. The minimum Gasteiger partial charge on any atom is -0.486 e. The molecule has 0 aliphatic carbocycles. The molecular formula is C23H22N2O3. The Morgan fingerprint density at radius 2 is 1.89 bits per heavy atom. The Labute approximate surface area is 163 Å². The van der Waals surface area contributed by atoms with Crippen molar-refractivity contribution in [2.75, 3.05) is 19.7 Å². The first-order valence-electron chi connectivity index (χ1n) is 9.82. The van der Waals surface area contributed by atoms with Gasteiger partial charge in [0.15, 0.2) is 5.78 Å². The quantitative estimate of drug-likeness (QED) is 0.744. The molecule has 1 N–H and O–H groups in total. The molecule has 1 amide bonds. The van der Waals surface area contributed by atoms with Crippen LogP contribution >= 0.6 is 0 Å². The Morgan fingerprint density at radius 3 is 2.71 bits per heavy atom. The monoisotopic (exact) mass is 374 g/mol. The number of aromatic amines is 1. The van der Waals surface area contributed by atoms with Gasteiger partial charge in [0.1, 0.15) is 12.4 Å². The Kier molecular flexibility index (Phi) is 4.15. The third kappa shape index (κ3) is 3.07. The molecule has 0 bridgehead atoms. The van der Waals surface area contributed by atoms with Gasteiger partial charge in [-0.3, -0.25) is 9.59 Å². The molecule has 1 aromatic heterocycles. The number of carbonyl (C=O) groups excluding carboxylic acids is 2. The molecule has 28 heavy (non-hydrogen) atoms. The number of hydrogen-bond donors (Lipinski definition) is 1. The Balaban J connectivity index is 1.28. The van der Waals surface area contributed by atoms with Crippen molar-refractivity contribution in [2.45, 2.75) is 25.2 Å². The fourth-order valence-electron chi connectivity index (χ4n) is 4.31. The van der Waals surface area contributed by atoms with E-state index in [1.807, 2.05) is 23.1 Å². The molecule has 0 atom stereocenters. The summed E-state index contributed by atoms with van der Waals surface area (Å²) in [6.45, 7) is 1.61. The lowest BCUT2D eigenvalue weighted by atomic mass is 9.93. The van der Waals surface area contributed by atoms with Crippen molar-refractivity contribution in [2.24, 2.45) is 0 Å². The normalized spacial score (nSPS) is 17.4. The number of ketones is 1. The summed E-state index contributed by atoms with van der Waals surface area (Å²) >= 11 is 0. The predicted octanol–water partition coefficient (Wildman–Crippen LogP) is 3.69. The van der Waals surface area contributed by atoms with E-state index >= 15 is 0 Å². The summed E-state index contributed by atoms with van der Waals surface area (Å²) in [6.07, 6.45) is 2.25. The number of fused-ring (bicyclic) bond motifs is 2. The summed E-state index contributed by atoms with van der Waals surface area (Å²) in [5.74, 6) is 1.26. The van der Waals surface area contributed by atoms with Crippen LogP contribution < -0.4 is 4.74 Å². The largest absolute Gasteiger partial charge is 0.486 e. The van der Waals surface area contributed by atoms with E-state index in [4.69, 9.17) is 4.74 Å². The predicted molar refractivity (Wildman–Crippen MR) is 107 cm³/mol. The van der Waals surface area contributed by atoms with Gasteiger partial charge in [0, 0.05) is 47.8 Å². The molecule has 0 saturated carbocycles. The lowest BCUT2D eigenvalue weighted by Gasteiger charge is -2.32. The standard InChI is InChI=1S/C23H22N2O3/c26-19-12-18-11-17(5-6-22(18)28-14-19)23(27)25-9-7-15(8-10-25)21-13-16-3-1-2-4-20(16)24-21/h1-6,11,13,15,24H,7-10,12,14H2. The molecule has 0 spiro atoms. The maximum Gasteiger partial charge on any atom is 0.253 e. The van der Waals surface area contributed by atoms with Crippen LogP contribution in [-0.2, 0) is 11.2 Å². The highest BCUT2D eigenvalue weighted by molar-refractivity contribution is 5.95. The number of para-hydroxylation sites is 1. The number of benzene rings is 2. The molecule has 2 aromatic carbocycles. The smallest absolute Gasteiger partial charge is 0.253 e. The summed E-state index contributed by atoms with van der Waals surface area (Å²) in [5.41, 5.74) is 3.88. The van der Waals surface area contributed by atoms with Gasteiger partial charge >= 0.3 is 0 Å². The summed E-state index contributed by atoms with van der Waals surface area (Å²) in [4.78, 5) is 30.0. The summed E-state index contributed by atoms with van der Waals surface area (Å²) in [7, 11) is 0. The van der Waals surface area contributed by atoms with Gasteiger partial charge in [-0.15, -0.1) is 0 Å². The van der Waals surface area contributed by atoms with E-state index in [1.165, 1.54) is 16.6 Å². The molecule has 5 heteroatoms. The zero-order valence-corrected chi connectivity index (χ0v) is 15.6. The topological polar surface area (TPSA) is 62.4 Å². The van der Waals surface area contributed by atoms with Crippen LogP contribution in [0.4, 0.5) is 0 Å². The zero-order chi connectivity index (χ0) is 19.1. The van der Waals surface area contributed by atoms with E-state index in [0.29, 0.717) is 23.7 Å². The highest BCUT2D eigenvalue weighted by atomic mass is 16.5. The van der Waals surface area contributed by atoms with Crippen LogP contribution in [0.15, 0.2) is 48.5 Å². The molecule has 0 unspecified atom stereocenters. The Morgan fingerprint density at radius 1 is 1.07 bits per heavy atom. The SMILES string of the molecule is O=C1COc2ccc(C(=O)N3CCC(c4cc5ccccc5[nH]4)CC3)cc2C1. The van der Waals surface area contributed by atoms with E-state index in [-0.39, 0.29) is 18.3 Å². The number of carbonyl (C=O) groups is 2. The molecule has 5 nitrogen and oxygen atoms in total. The van der Waals surface area contributed by atoms with Crippen LogP contribution in [0.2, 0.25) is 0 Å². The number of likely N-dealkylation sites (tertiary alicyclic amines) is 1. The van der Waals surface area contributed by atoms with Gasteiger partial charge in [0.05, 0.1) is 0 Å². The number of nitrogens with one attached hydrogen (secondary N) is 1. The summed E-state index contributed by atoms with van der Waals surface area (Å²) in [5, 5.41) is 1.24. The van der Waals surface area contributed by atoms with Crippen LogP contribution in [0.25, 0.3) is 10.9 Å². The molecule has 2 aliphatic rings. The second-order valence-electron chi connectivity index (χ2n) is 7.71. The van der Waals surface area contributed by atoms with E-state index in [2.05, 4.69) is 29.2 Å². The number of amides is 1. The number of rotatable bonds is 2. The fourth-order valence-corrected chi connectivity index (χ4v) is 4.31. The first-order chi connectivity index (χ1) is 13.7. The number of aromatic nitrogens is 1. The van der Waals surface area contributed by atoms with Gasteiger partial charge in [0.25, 0.3) is 5.91 Å². The van der Waals surface area contributed by atoms with Crippen molar-refractivity contribution in [1.29, 1.82) is 0 Å². The molecule has 1 saturated heterocycles. The third-order valence-electron chi connectivity index (χ3n) is 5.86. The van der Waals surface area contributed by atoms with Crippen molar-refractivity contribution in [3.8, 4) is 5.75 Å². The Hall–Kier alpha value is -3.08. The van der Waals surface area contributed by atoms with Crippen molar-refractivity contribution in [1.82, 2.24) is 9.88 Å². The second kappa shape index (κ2) is 6.82. The molecule has 5 rings (SSSR count). The maximum absolute atomic E-state index is 12.9. The molecule has 1 fully saturated rings. The molecule has 142 valence electrons. The van der Waals surface area contributed by atoms with Crippen molar-refractivity contribution in [3.63, 3.8) is 0 Å². The highest BCUT2D eigenvalue weighted by Gasteiger charge is 2.26. The van der Waals surface area contributed by atoms with Crippen LogP contribution in [-0.4, -0.2) is 41.3 Å². The van der Waals surface area contributed by atoms with E-state index in [1.54, 1.807) is 6.07 Å². The van der Waals surface area contributed by atoms with Gasteiger partial charge < -0.3 is 14.6 Å². The second-order valence-corrected chi connectivity index (χ2v) is 7.71. The van der Waals surface area contributed by atoms with Gasteiger partial charge in [-0.2, -0.15) is 0 Å². The van der Waals surface area contributed by atoms with Crippen molar-refractivity contribution < 1.29 is 14.3 Å². The lowest BCUT2D eigenvalue weighted by Crippen LogP contribution is -2.38. The van der Waals surface area contributed by atoms with Gasteiger partial charge in [0.2, 0.25) is 0 Å². The first kappa shape index (κ1) is 17.0. The molecule has 2 aliphatic heterocycles. The van der Waals surface area contributed by atoms with Gasteiger partial charge in [-0.25, -0.2) is 0 Å². The summed E-state index contributed by atoms with van der Waals surface area (Å²) in [6, 6.07) is 16.0. The number of hydrogen-bond acceptors (Lipinski definition) is 3. The number of Topliss-reactive ketones (excluding diaryl/α,β-unsaturated/α-hetero) is 1. The van der Waals surface area contributed by atoms with Crippen molar-refractivity contribution in [3.05, 3.63) is 65.4 Å².